The molecule has 0 bridgehead atoms. The van der Waals surface area contributed by atoms with Gasteiger partial charge in [-0.3, -0.25) is 0 Å². The van der Waals surface area contributed by atoms with Crippen LogP contribution < -0.4 is 5.32 Å². The molecule has 1 heterocycles. The van der Waals surface area contributed by atoms with Crippen LogP contribution in [0.2, 0.25) is 0 Å². The van der Waals surface area contributed by atoms with Crippen molar-refractivity contribution in [2.45, 2.75) is 38.8 Å². The molecule has 0 amide bonds. The lowest BCUT2D eigenvalue weighted by Gasteiger charge is -2.21. The minimum Gasteiger partial charge on any atom is -0.378 e. The summed E-state index contributed by atoms with van der Waals surface area (Å²) in [6, 6.07) is 5.40. The third-order valence-electron chi connectivity index (χ3n) is 3.88. The van der Waals surface area contributed by atoms with E-state index in [1.54, 1.807) is 0 Å². The highest BCUT2D eigenvalue weighted by molar-refractivity contribution is 9.10. The van der Waals surface area contributed by atoms with E-state index in [2.05, 4.69) is 35.1 Å². The normalized spacial score (nSPS) is 24.6. The van der Waals surface area contributed by atoms with E-state index in [0.717, 1.165) is 31.6 Å². The average molecular weight is 330 g/mol. The second kappa shape index (κ2) is 6.82. The van der Waals surface area contributed by atoms with Crippen molar-refractivity contribution in [3.63, 3.8) is 0 Å². The summed E-state index contributed by atoms with van der Waals surface area (Å²) in [7, 11) is 0. The molecule has 1 N–H and O–H groups in total. The van der Waals surface area contributed by atoms with Crippen LogP contribution in [0.4, 0.5) is 4.39 Å². The molecule has 2 rings (SSSR count). The Hall–Kier alpha value is -0.450. The Bertz CT molecular complexity index is 427. The number of ether oxygens (including phenoxy) is 1. The molecule has 1 aromatic carbocycles. The molecule has 106 valence electrons. The summed E-state index contributed by atoms with van der Waals surface area (Å²) in [5.74, 6) is 0.377. The zero-order chi connectivity index (χ0) is 13.8. The van der Waals surface area contributed by atoms with Gasteiger partial charge in [0, 0.05) is 19.2 Å². The molecule has 19 heavy (non-hydrogen) atoms. The van der Waals surface area contributed by atoms with E-state index in [1.807, 2.05) is 12.1 Å². The van der Waals surface area contributed by atoms with Crippen LogP contribution in [0.25, 0.3) is 0 Å². The fraction of sp³-hybridized carbons (Fsp3) is 0.600. The second-order valence-corrected chi connectivity index (χ2v) is 6.02. The van der Waals surface area contributed by atoms with Crippen molar-refractivity contribution in [1.82, 2.24) is 5.32 Å². The molecule has 1 fully saturated rings. The van der Waals surface area contributed by atoms with Crippen LogP contribution in [0.15, 0.2) is 22.7 Å². The molecule has 0 aromatic heterocycles. The lowest BCUT2D eigenvalue weighted by Crippen LogP contribution is -2.30. The molecule has 4 heteroatoms. The van der Waals surface area contributed by atoms with Gasteiger partial charge in [-0.15, -0.1) is 0 Å². The molecular weight excluding hydrogens is 309 g/mol. The summed E-state index contributed by atoms with van der Waals surface area (Å²) in [4.78, 5) is 0. The number of rotatable bonds is 5. The summed E-state index contributed by atoms with van der Waals surface area (Å²) < 4.78 is 19.4. The summed E-state index contributed by atoms with van der Waals surface area (Å²) in [6.45, 7) is 6.11. The molecule has 0 aliphatic carbocycles. The number of nitrogens with one attached hydrogen (secondary N) is 1. The van der Waals surface area contributed by atoms with E-state index in [9.17, 15) is 4.39 Å². The number of hydrogen-bond donors (Lipinski definition) is 1. The van der Waals surface area contributed by atoms with Gasteiger partial charge in [0.2, 0.25) is 0 Å². The first kappa shape index (κ1) is 14.9. The maximum atomic E-state index is 13.2. The SMILES string of the molecule is CCC1OCCC1CNC(C)c1ccc(F)c(Br)c1. The third kappa shape index (κ3) is 3.77. The molecule has 0 spiro atoms. The zero-order valence-electron chi connectivity index (χ0n) is 11.5. The summed E-state index contributed by atoms with van der Waals surface area (Å²) in [6.07, 6.45) is 2.59. The van der Waals surface area contributed by atoms with Gasteiger partial charge in [0.1, 0.15) is 5.82 Å². The summed E-state index contributed by atoms with van der Waals surface area (Å²) >= 11 is 3.23. The molecule has 0 saturated carbocycles. The largest absolute Gasteiger partial charge is 0.378 e. The Labute approximate surface area is 122 Å². The van der Waals surface area contributed by atoms with Gasteiger partial charge >= 0.3 is 0 Å². The first-order valence-electron chi connectivity index (χ1n) is 6.91. The Morgan fingerprint density at radius 3 is 3.00 bits per heavy atom. The van der Waals surface area contributed by atoms with Gasteiger partial charge in [-0.2, -0.15) is 0 Å². The lowest BCUT2D eigenvalue weighted by atomic mass is 9.98. The number of benzene rings is 1. The van der Waals surface area contributed by atoms with Crippen LogP contribution in [0, 0.1) is 11.7 Å². The van der Waals surface area contributed by atoms with Gasteiger partial charge < -0.3 is 10.1 Å². The zero-order valence-corrected chi connectivity index (χ0v) is 13.0. The fourth-order valence-corrected chi connectivity index (χ4v) is 3.00. The van der Waals surface area contributed by atoms with Crippen molar-refractivity contribution in [1.29, 1.82) is 0 Å². The Morgan fingerprint density at radius 1 is 1.53 bits per heavy atom. The molecule has 3 atom stereocenters. The molecule has 1 aliphatic heterocycles. The quantitative estimate of drug-likeness (QED) is 0.879. The minimum absolute atomic E-state index is 0.216. The van der Waals surface area contributed by atoms with Gasteiger partial charge in [0.05, 0.1) is 10.6 Å². The van der Waals surface area contributed by atoms with Crippen molar-refractivity contribution in [2.24, 2.45) is 5.92 Å². The Kier molecular flexibility index (Phi) is 5.37. The molecule has 3 unspecified atom stereocenters. The first-order chi connectivity index (χ1) is 9.11. The van der Waals surface area contributed by atoms with Crippen molar-refractivity contribution in [3.05, 3.63) is 34.1 Å². The van der Waals surface area contributed by atoms with Crippen LogP contribution in [0.5, 0.6) is 0 Å². The predicted octanol–water partition coefficient (Wildman–Crippen LogP) is 4.05. The van der Waals surface area contributed by atoms with Crippen LogP contribution in [-0.2, 0) is 4.74 Å². The van der Waals surface area contributed by atoms with Crippen LogP contribution >= 0.6 is 15.9 Å². The fourth-order valence-electron chi connectivity index (χ4n) is 2.61. The van der Waals surface area contributed by atoms with Gasteiger partial charge in [0.25, 0.3) is 0 Å². The monoisotopic (exact) mass is 329 g/mol. The topological polar surface area (TPSA) is 21.3 Å². The van der Waals surface area contributed by atoms with Crippen molar-refractivity contribution >= 4 is 15.9 Å². The van der Waals surface area contributed by atoms with Gasteiger partial charge in [0.15, 0.2) is 0 Å². The van der Waals surface area contributed by atoms with Gasteiger partial charge in [-0.1, -0.05) is 13.0 Å². The molecule has 0 radical (unpaired) electrons. The third-order valence-corrected chi connectivity index (χ3v) is 4.49. The van der Waals surface area contributed by atoms with E-state index < -0.39 is 0 Å². The molecule has 2 nitrogen and oxygen atoms in total. The maximum absolute atomic E-state index is 13.2. The number of halogens is 2. The summed E-state index contributed by atoms with van der Waals surface area (Å²) in [5.41, 5.74) is 1.10. The standard InChI is InChI=1S/C15H21BrFNO/c1-3-15-12(6-7-19-15)9-18-10(2)11-4-5-14(17)13(16)8-11/h4-5,8,10,12,15,18H,3,6-7,9H2,1-2H3. The van der Waals surface area contributed by atoms with Crippen LogP contribution in [0.3, 0.4) is 0 Å². The summed E-state index contributed by atoms with van der Waals surface area (Å²) in [5, 5.41) is 3.53. The smallest absolute Gasteiger partial charge is 0.137 e. The number of hydrogen-bond acceptors (Lipinski definition) is 2. The molecular formula is C15H21BrFNO. The van der Waals surface area contributed by atoms with Crippen molar-refractivity contribution in [3.8, 4) is 0 Å². The Morgan fingerprint density at radius 2 is 2.32 bits per heavy atom. The first-order valence-corrected chi connectivity index (χ1v) is 7.71. The van der Waals surface area contributed by atoms with Crippen molar-refractivity contribution < 1.29 is 9.13 Å². The van der Waals surface area contributed by atoms with Crippen LogP contribution in [-0.4, -0.2) is 19.3 Å². The minimum atomic E-state index is -0.216. The molecule has 1 aliphatic rings. The second-order valence-electron chi connectivity index (χ2n) is 5.17. The highest BCUT2D eigenvalue weighted by Gasteiger charge is 2.26. The van der Waals surface area contributed by atoms with Crippen molar-refractivity contribution in [2.75, 3.05) is 13.2 Å². The Balaban J connectivity index is 1.90. The van der Waals surface area contributed by atoms with Crippen LogP contribution in [0.1, 0.15) is 38.3 Å². The highest BCUT2D eigenvalue weighted by atomic mass is 79.9. The average Bonchev–Trinajstić information content (AvgIpc) is 2.86. The van der Waals surface area contributed by atoms with E-state index in [-0.39, 0.29) is 11.9 Å². The maximum Gasteiger partial charge on any atom is 0.137 e. The van der Waals surface area contributed by atoms with E-state index in [0.29, 0.717) is 16.5 Å². The van der Waals surface area contributed by atoms with E-state index >= 15 is 0 Å². The van der Waals surface area contributed by atoms with E-state index in [1.165, 1.54) is 6.07 Å². The highest BCUT2D eigenvalue weighted by Crippen LogP contribution is 2.25. The molecule has 1 aromatic rings. The predicted molar refractivity (Wildman–Crippen MR) is 78.7 cm³/mol. The van der Waals surface area contributed by atoms with Gasteiger partial charge in [-0.05, 0) is 59.3 Å². The molecule has 1 saturated heterocycles. The lowest BCUT2D eigenvalue weighted by molar-refractivity contribution is 0.0867. The van der Waals surface area contributed by atoms with E-state index in [4.69, 9.17) is 4.74 Å². The van der Waals surface area contributed by atoms with Gasteiger partial charge in [-0.25, -0.2) is 4.39 Å².